The van der Waals surface area contributed by atoms with Crippen LogP contribution in [0.4, 0.5) is 14.5 Å². The summed E-state index contributed by atoms with van der Waals surface area (Å²) in [5.41, 5.74) is 1.09. The van der Waals surface area contributed by atoms with E-state index >= 15 is 0 Å². The molecule has 51 heavy (non-hydrogen) atoms. The molecule has 12 nitrogen and oxygen atoms in total. The van der Waals surface area contributed by atoms with Crippen LogP contribution < -0.4 is 24.2 Å². The van der Waals surface area contributed by atoms with Crippen LogP contribution in [0.5, 0.6) is 11.5 Å². The van der Waals surface area contributed by atoms with Gasteiger partial charge in [-0.25, -0.2) is 13.2 Å². The maximum absolute atomic E-state index is 13.2. The number of carboxylic acid groups (broad SMARTS) is 1. The van der Waals surface area contributed by atoms with Crippen molar-refractivity contribution in [2.75, 3.05) is 18.5 Å². The first-order valence-corrected chi connectivity index (χ1v) is 17.6. The molecule has 17 heteroatoms. The molecule has 1 heterocycles. The van der Waals surface area contributed by atoms with Crippen LogP contribution in [0.3, 0.4) is 0 Å². The van der Waals surface area contributed by atoms with Crippen molar-refractivity contribution in [2.24, 2.45) is 5.92 Å². The van der Waals surface area contributed by atoms with Gasteiger partial charge in [-0.3, -0.25) is 4.79 Å². The molecule has 0 saturated heterocycles. The van der Waals surface area contributed by atoms with Gasteiger partial charge in [0.25, 0.3) is 0 Å². The van der Waals surface area contributed by atoms with Gasteiger partial charge in [-0.15, -0.1) is 0 Å². The average molecular weight is 767 g/mol. The van der Waals surface area contributed by atoms with Crippen molar-refractivity contribution in [3.05, 3.63) is 117 Å². The smallest absolute Gasteiger partial charge is 0.387 e. The Morgan fingerprint density at radius 1 is 0.961 bits per heavy atom. The average Bonchev–Trinajstić information content (AvgIpc) is 3.92. The zero-order valence-electron chi connectivity index (χ0n) is 26.5. The molecular formula is C34H31Cl2F2N3O9S. The van der Waals surface area contributed by atoms with Crippen LogP contribution in [0.25, 0.3) is 0 Å². The number of hydrogen-bond donors (Lipinski definition) is 3. The second-order valence-corrected chi connectivity index (χ2v) is 14.1. The lowest BCUT2D eigenvalue weighted by Gasteiger charge is -2.21. The molecule has 0 radical (unpaired) electrons. The molecule has 1 aromatic heterocycles. The highest BCUT2D eigenvalue weighted by molar-refractivity contribution is 7.89. The molecule has 1 aliphatic carbocycles. The Hall–Kier alpha value is -4.70. The Kier molecular flexibility index (Phi) is 12.2. The molecule has 4 aromatic rings. The molecular weight excluding hydrogens is 735 g/mol. The van der Waals surface area contributed by atoms with Gasteiger partial charge in [0.05, 0.1) is 11.5 Å². The molecule has 1 fully saturated rings. The number of carbonyl (C=O) groups is 2. The van der Waals surface area contributed by atoms with Crippen LogP contribution in [-0.2, 0) is 30.8 Å². The van der Waals surface area contributed by atoms with Gasteiger partial charge in [0.15, 0.2) is 29.9 Å². The number of halogens is 4. The van der Waals surface area contributed by atoms with E-state index in [4.69, 9.17) is 32.7 Å². The first-order valence-electron chi connectivity index (χ1n) is 15.4. The van der Waals surface area contributed by atoms with Crippen LogP contribution >= 0.6 is 23.2 Å². The fourth-order valence-corrected chi connectivity index (χ4v) is 6.57. The molecule has 1 saturated carbocycles. The van der Waals surface area contributed by atoms with Gasteiger partial charge in [0.2, 0.25) is 10.0 Å². The number of sulfonamides is 1. The molecule has 0 spiro atoms. The zero-order chi connectivity index (χ0) is 36.7. The number of esters is 1. The third-order valence-electron chi connectivity index (χ3n) is 7.69. The van der Waals surface area contributed by atoms with Crippen molar-refractivity contribution in [3.63, 3.8) is 0 Å². The van der Waals surface area contributed by atoms with E-state index in [2.05, 4.69) is 14.8 Å². The number of carbonyl (C=O) groups excluding carboxylic acids is 1. The van der Waals surface area contributed by atoms with Crippen molar-refractivity contribution < 1.29 is 50.8 Å². The van der Waals surface area contributed by atoms with Crippen molar-refractivity contribution in [3.8, 4) is 11.5 Å². The summed E-state index contributed by atoms with van der Waals surface area (Å²) in [6.45, 7) is -3.73. The molecule has 2 unspecified atom stereocenters. The van der Waals surface area contributed by atoms with E-state index in [0.717, 1.165) is 25.2 Å². The number of hydrogen-bond acceptors (Lipinski definition) is 9. The summed E-state index contributed by atoms with van der Waals surface area (Å²) >= 11 is 12.6. The lowest BCUT2D eigenvalue weighted by atomic mass is 10.0. The van der Waals surface area contributed by atoms with Crippen LogP contribution in [0, 0.1) is 11.1 Å². The standard InChI is InChI=1S/C34H31Cl2F2N3O9S/c35-26-17-41(45)18-27(36)25(26)15-29(22-11-12-28(50-34(37)38)30(13-22)48-19-20-9-10-20)49-31(42)16-39-51(46,47)24-8-4-7-23(14-24)40-32(33(43)44)21-5-2-1-3-6-21/h1-8,11-14,17-18,20,29,32,34,39-40H,9-10,15-16,19H2,(H,43,44). The number of nitrogens with one attached hydrogen (secondary N) is 2. The molecule has 270 valence electrons. The van der Waals surface area contributed by atoms with E-state index in [1.54, 1.807) is 30.3 Å². The van der Waals surface area contributed by atoms with Crippen molar-refractivity contribution in [2.45, 2.75) is 42.9 Å². The Bertz CT molecular complexity index is 1960. The van der Waals surface area contributed by atoms with Crippen LogP contribution in [0.2, 0.25) is 10.0 Å². The number of aromatic nitrogens is 1. The van der Waals surface area contributed by atoms with Gasteiger partial charge in [-0.1, -0.05) is 65.7 Å². The third-order valence-corrected chi connectivity index (χ3v) is 9.74. The predicted octanol–water partition coefficient (Wildman–Crippen LogP) is 6.06. The third kappa shape index (κ3) is 10.4. The Labute approximate surface area is 301 Å². The maximum atomic E-state index is 13.2. The summed E-state index contributed by atoms with van der Waals surface area (Å²) in [7, 11) is -4.34. The SMILES string of the molecule is O=C(CNS(=O)(=O)c1cccc(NC(C(=O)O)c2ccccc2)c1)OC(Cc1c(Cl)c[n+]([O-])cc1Cl)c1ccc(OC(F)F)c(OCC2CC2)c1. The Morgan fingerprint density at radius 2 is 1.67 bits per heavy atom. The van der Waals surface area contributed by atoms with E-state index in [1.807, 2.05) is 0 Å². The summed E-state index contributed by atoms with van der Waals surface area (Å²) in [5, 5.41) is 24.3. The molecule has 1 aliphatic rings. The molecule has 0 amide bonds. The molecule has 2 atom stereocenters. The predicted molar refractivity (Wildman–Crippen MR) is 181 cm³/mol. The summed E-state index contributed by atoms with van der Waals surface area (Å²) in [6.07, 6.45) is 2.50. The highest BCUT2D eigenvalue weighted by Crippen LogP contribution is 2.38. The zero-order valence-corrected chi connectivity index (χ0v) is 28.8. The van der Waals surface area contributed by atoms with Gasteiger partial charge in [-0.2, -0.15) is 18.2 Å². The second-order valence-electron chi connectivity index (χ2n) is 11.5. The number of carboxylic acids is 1. The topological polar surface area (TPSA) is 167 Å². The van der Waals surface area contributed by atoms with E-state index < -0.39 is 47.3 Å². The summed E-state index contributed by atoms with van der Waals surface area (Å²) in [6, 6.07) is 16.4. The number of alkyl halides is 2. The maximum Gasteiger partial charge on any atom is 0.387 e. The van der Waals surface area contributed by atoms with Crippen LogP contribution in [-0.4, -0.2) is 45.2 Å². The minimum atomic E-state index is -4.34. The minimum absolute atomic E-state index is 0.0324. The van der Waals surface area contributed by atoms with Gasteiger partial charge in [0, 0.05) is 17.7 Å². The normalized spacial score (nSPS) is 14.1. The van der Waals surface area contributed by atoms with Crippen molar-refractivity contribution in [1.29, 1.82) is 0 Å². The molecule has 0 bridgehead atoms. The van der Waals surface area contributed by atoms with Gasteiger partial charge < -0.3 is 29.8 Å². The molecule has 5 rings (SSSR count). The summed E-state index contributed by atoms with van der Waals surface area (Å²) in [5.74, 6) is -2.24. The number of benzene rings is 3. The van der Waals surface area contributed by atoms with Gasteiger partial charge >= 0.3 is 18.6 Å². The Balaban J connectivity index is 1.35. The number of anilines is 1. The Morgan fingerprint density at radius 3 is 2.31 bits per heavy atom. The fourth-order valence-electron chi connectivity index (χ4n) is 4.95. The lowest BCUT2D eigenvalue weighted by molar-refractivity contribution is -0.605. The number of ether oxygens (including phenoxy) is 3. The van der Waals surface area contributed by atoms with Crippen molar-refractivity contribution in [1.82, 2.24) is 4.72 Å². The molecule has 3 N–H and O–H groups in total. The van der Waals surface area contributed by atoms with E-state index in [9.17, 15) is 37.1 Å². The van der Waals surface area contributed by atoms with Crippen molar-refractivity contribution >= 4 is 50.9 Å². The summed E-state index contributed by atoms with van der Waals surface area (Å²) < 4.78 is 71.4. The second kappa shape index (κ2) is 16.5. The van der Waals surface area contributed by atoms with E-state index in [-0.39, 0.29) is 62.2 Å². The first-order chi connectivity index (χ1) is 24.3. The lowest BCUT2D eigenvalue weighted by Crippen LogP contribution is -2.32. The number of aliphatic carboxylic acids is 1. The quantitative estimate of drug-likeness (QED) is 0.0653. The molecule has 3 aromatic carbocycles. The number of pyridine rings is 1. The highest BCUT2D eigenvalue weighted by atomic mass is 35.5. The first kappa shape index (κ1) is 37.6. The summed E-state index contributed by atoms with van der Waals surface area (Å²) in [4.78, 5) is 24.9. The minimum Gasteiger partial charge on any atom is -0.619 e. The van der Waals surface area contributed by atoms with Gasteiger partial charge in [-0.05, 0) is 60.2 Å². The van der Waals surface area contributed by atoms with E-state index in [1.165, 1.54) is 42.5 Å². The number of nitrogens with zero attached hydrogens (tertiary/aromatic N) is 1. The highest BCUT2D eigenvalue weighted by Gasteiger charge is 2.27. The monoisotopic (exact) mass is 765 g/mol. The van der Waals surface area contributed by atoms with Crippen LogP contribution in [0.1, 0.15) is 41.7 Å². The number of rotatable bonds is 17. The molecule has 0 aliphatic heterocycles. The fraction of sp³-hybridized carbons (Fsp3) is 0.265. The van der Waals surface area contributed by atoms with Gasteiger partial charge in [0.1, 0.15) is 22.7 Å². The van der Waals surface area contributed by atoms with E-state index in [0.29, 0.717) is 10.3 Å². The van der Waals surface area contributed by atoms with Crippen LogP contribution in [0.15, 0.2) is 90.1 Å². The largest absolute Gasteiger partial charge is 0.619 e.